The van der Waals surface area contributed by atoms with E-state index >= 15 is 0 Å². The summed E-state index contributed by atoms with van der Waals surface area (Å²) in [5, 5.41) is 5.39. The van der Waals surface area contributed by atoms with Crippen molar-refractivity contribution >= 4 is 23.3 Å². The van der Waals surface area contributed by atoms with Crippen LogP contribution in [0.1, 0.15) is 32.1 Å². The average molecular weight is 290 g/mol. The number of primary amides is 1. The maximum atomic E-state index is 12.6. The van der Waals surface area contributed by atoms with Crippen molar-refractivity contribution in [3.05, 3.63) is 24.3 Å². The van der Waals surface area contributed by atoms with Gasteiger partial charge in [-0.15, -0.1) is 0 Å². The molecule has 6 N–H and O–H groups in total. The molecule has 0 unspecified atom stereocenters. The van der Waals surface area contributed by atoms with Crippen LogP contribution in [0.2, 0.25) is 0 Å². The predicted molar refractivity (Wildman–Crippen MR) is 82.9 cm³/mol. The molecule has 114 valence electrons. The fraction of sp³-hybridized carbons (Fsp3) is 0.467. The van der Waals surface area contributed by atoms with Gasteiger partial charge in [-0.3, -0.25) is 4.79 Å². The van der Waals surface area contributed by atoms with E-state index in [-0.39, 0.29) is 5.91 Å². The van der Waals surface area contributed by atoms with Crippen LogP contribution in [0.15, 0.2) is 24.3 Å². The summed E-state index contributed by atoms with van der Waals surface area (Å²) in [5.74, 6) is -0.0408. The highest BCUT2D eigenvalue weighted by atomic mass is 16.2. The van der Waals surface area contributed by atoms with Gasteiger partial charge in [-0.2, -0.15) is 0 Å². The molecule has 0 saturated heterocycles. The van der Waals surface area contributed by atoms with Crippen LogP contribution in [0, 0.1) is 5.41 Å². The van der Waals surface area contributed by atoms with E-state index < -0.39 is 11.4 Å². The Hall–Kier alpha value is -2.08. The number of hydrogen-bond acceptors (Lipinski definition) is 3. The van der Waals surface area contributed by atoms with Gasteiger partial charge in [-0.1, -0.05) is 25.3 Å². The van der Waals surface area contributed by atoms with Crippen LogP contribution in [0.4, 0.5) is 16.2 Å². The molecule has 1 aromatic rings. The molecule has 2 rings (SSSR count). The van der Waals surface area contributed by atoms with Crippen molar-refractivity contribution in [1.82, 2.24) is 0 Å². The molecule has 0 spiro atoms. The largest absolute Gasteiger partial charge is 0.351 e. The summed E-state index contributed by atoms with van der Waals surface area (Å²) >= 11 is 0. The van der Waals surface area contributed by atoms with Crippen molar-refractivity contribution in [2.24, 2.45) is 16.9 Å². The third kappa shape index (κ3) is 3.72. The highest BCUT2D eigenvalue weighted by Crippen LogP contribution is 2.36. The molecule has 0 bridgehead atoms. The highest BCUT2D eigenvalue weighted by molar-refractivity contribution is 5.96. The van der Waals surface area contributed by atoms with Gasteiger partial charge in [0.15, 0.2) is 0 Å². The second kappa shape index (κ2) is 6.58. The van der Waals surface area contributed by atoms with E-state index in [0.29, 0.717) is 17.9 Å². The number of nitrogens with two attached hydrogens (primary N) is 2. The number of anilines is 2. The molecule has 1 aliphatic carbocycles. The van der Waals surface area contributed by atoms with Gasteiger partial charge >= 0.3 is 6.03 Å². The lowest BCUT2D eigenvalue weighted by molar-refractivity contribution is -0.126. The summed E-state index contributed by atoms with van der Waals surface area (Å²) < 4.78 is 0. The molecule has 6 nitrogen and oxygen atoms in total. The van der Waals surface area contributed by atoms with Crippen LogP contribution in [0.3, 0.4) is 0 Å². The van der Waals surface area contributed by atoms with Crippen LogP contribution in [0.5, 0.6) is 0 Å². The Morgan fingerprint density at radius 3 is 2.29 bits per heavy atom. The lowest BCUT2D eigenvalue weighted by atomic mass is 9.73. The number of carbonyl (C=O) groups excluding carboxylic acids is 2. The van der Waals surface area contributed by atoms with Gasteiger partial charge < -0.3 is 22.1 Å². The Labute approximate surface area is 124 Å². The third-order valence-corrected chi connectivity index (χ3v) is 4.07. The molecule has 3 amide bonds. The molecular weight excluding hydrogens is 268 g/mol. The van der Waals surface area contributed by atoms with Gasteiger partial charge in [0.2, 0.25) is 5.91 Å². The lowest BCUT2D eigenvalue weighted by Crippen LogP contribution is -2.43. The maximum Gasteiger partial charge on any atom is 0.316 e. The smallest absolute Gasteiger partial charge is 0.316 e. The summed E-state index contributed by atoms with van der Waals surface area (Å²) in [6, 6.07) is 6.27. The average Bonchev–Trinajstić information content (AvgIpc) is 2.47. The van der Waals surface area contributed by atoms with E-state index in [1.165, 1.54) is 0 Å². The first-order valence-electron chi connectivity index (χ1n) is 7.24. The van der Waals surface area contributed by atoms with E-state index in [1.54, 1.807) is 24.3 Å². The summed E-state index contributed by atoms with van der Waals surface area (Å²) in [5.41, 5.74) is 11.6. The number of urea groups is 1. The zero-order valence-electron chi connectivity index (χ0n) is 12.0. The molecule has 1 aliphatic rings. The number of hydrogen-bond donors (Lipinski definition) is 4. The van der Waals surface area contributed by atoms with Crippen LogP contribution in [0.25, 0.3) is 0 Å². The molecule has 21 heavy (non-hydrogen) atoms. The second-order valence-electron chi connectivity index (χ2n) is 5.57. The first-order chi connectivity index (χ1) is 10.1. The van der Waals surface area contributed by atoms with Crippen molar-refractivity contribution in [2.45, 2.75) is 32.1 Å². The monoisotopic (exact) mass is 290 g/mol. The van der Waals surface area contributed by atoms with Crippen molar-refractivity contribution in [2.75, 3.05) is 17.2 Å². The minimum atomic E-state index is -0.635. The van der Waals surface area contributed by atoms with Gasteiger partial charge in [0.25, 0.3) is 0 Å². The SMILES string of the molecule is NCC1(C(=O)Nc2cccc(NC(N)=O)c2)CCCCC1. The Morgan fingerprint density at radius 1 is 1.10 bits per heavy atom. The molecule has 1 aromatic carbocycles. The fourth-order valence-electron chi connectivity index (χ4n) is 2.83. The van der Waals surface area contributed by atoms with Crippen molar-refractivity contribution < 1.29 is 9.59 Å². The third-order valence-electron chi connectivity index (χ3n) is 4.07. The molecule has 0 aliphatic heterocycles. The lowest BCUT2D eigenvalue weighted by Gasteiger charge is -2.34. The molecule has 6 heteroatoms. The minimum absolute atomic E-state index is 0.0408. The van der Waals surface area contributed by atoms with Crippen molar-refractivity contribution in [3.63, 3.8) is 0 Å². The predicted octanol–water partition coefficient (Wildman–Crippen LogP) is 2.02. The number of nitrogens with one attached hydrogen (secondary N) is 2. The first-order valence-corrected chi connectivity index (χ1v) is 7.24. The molecule has 0 radical (unpaired) electrons. The molecule has 0 heterocycles. The molecule has 1 saturated carbocycles. The Morgan fingerprint density at radius 2 is 1.71 bits per heavy atom. The summed E-state index contributed by atoms with van der Waals surface area (Å²) in [4.78, 5) is 23.4. The van der Waals surface area contributed by atoms with Gasteiger partial charge in [0.1, 0.15) is 0 Å². The van der Waals surface area contributed by atoms with Crippen LogP contribution < -0.4 is 22.1 Å². The zero-order chi connectivity index (χ0) is 15.3. The molecule has 0 atom stereocenters. The maximum absolute atomic E-state index is 12.6. The molecule has 1 fully saturated rings. The van der Waals surface area contributed by atoms with Gasteiger partial charge in [-0.05, 0) is 31.0 Å². The van der Waals surface area contributed by atoms with Crippen molar-refractivity contribution in [3.8, 4) is 0 Å². The zero-order valence-corrected chi connectivity index (χ0v) is 12.0. The first kappa shape index (κ1) is 15.3. The second-order valence-corrected chi connectivity index (χ2v) is 5.57. The van der Waals surface area contributed by atoms with Gasteiger partial charge in [0, 0.05) is 17.9 Å². The molecule has 0 aromatic heterocycles. The van der Waals surface area contributed by atoms with E-state index in [0.717, 1.165) is 32.1 Å². The highest BCUT2D eigenvalue weighted by Gasteiger charge is 2.38. The number of amides is 3. The minimum Gasteiger partial charge on any atom is -0.351 e. The summed E-state index contributed by atoms with van der Waals surface area (Å²) in [7, 11) is 0. The summed E-state index contributed by atoms with van der Waals surface area (Å²) in [6.07, 6.45) is 4.89. The standard InChI is InChI=1S/C15H22N4O2/c16-10-15(7-2-1-3-8-15)13(20)18-11-5-4-6-12(9-11)19-14(17)21/h4-6,9H,1-3,7-8,10,16H2,(H,18,20)(H3,17,19,21). The van der Waals surface area contributed by atoms with Crippen LogP contribution in [-0.4, -0.2) is 18.5 Å². The van der Waals surface area contributed by atoms with Crippen molar-refractivity contribution in [1.29, 1.82) is 0 Å². The van der Waals surface area contributed by atoms with E-state index in [2.05, 4.69) is 10.6 Å². The fourth-order valence-corrected chi connectivity index (χ4v) is 2.83. The Kier molecular flexibility index (Phi) is 4.80. The molecular formula is C15H22N4O2. The normalized spacial score (nSPS) is 17.0. The van der Waals surface area contributed by atoms with E-state index in [4.69, 9.17) is 11.5 Å². The number of benzene rings is 1. The van der Waals surface area contributed by atoms with Gasteiger partial charge in [0.05, 0.1) is 5.41 Å². The Bertz CT molecular complexity index is 524. The van der Waals surface area contributed by atoms with E-state index in [9.17, 15) is 9.59 Å². The van der Waals surface area contributed by atoms with Crippen LogP contribution in [-0.2, 0) is 4.79 Å². The van der Waals surface area contributed by atoms with E-state index in [1.807, 2.05) is 0 Å². The van der Waals surface area contributed by atoms with Crippen LogP contribution >= 0.6 is 0 Å². The number of rotatable bonds is 4. The quantitative estimate of drug-likeness (QED) is 0.680. The van der Waals surface area contributed by atoms with Gasteiger partial charge in [-0.25, -0.2) is 4.79 Å². The summed E-state index contributed by atoms with van der Waals surface area (Å²) in [6.45, 7) is 0.359. The number of carbonyl (C=O) groups is 2. The topological polar surface area (TPSA) is 110 Å². The Balaban J connectivity index is 2.09.